The van der Waals surface area contributed by atoms with Crippen LogP contribution in [0.15, 0.2) is 35.9 Å². The van der Waals surface area contributed by atoms with E-state index in [4.69, 9.17) is 0 Å². The molecule has 1 N–H and O–H groups in total. The van der Waals surface area contributed by atoms with Crippen molar-refractivity contribution in [3.05, 3.63) is 41.5 Å². The van der Waals surface area contributed by atoms with Gasteiger partial charge in [-0.25, -0.2) is 0 Å². The lowest BCUT2D eigenvalue weighted by atomic mass is 10.0. The smallest absolute Gasteiger partial charge is 0.0386 e. The maximum absolute atomic E-state index is 3.53. The van der Waals surface area contributed by atoms with E-state index in [-0.39, 0.29) is 0 Å². The highest BCUT2D eigenvalue weighted by atomic mass is 15.1. The fourth-order valence-electron chi connectivity index (χ4n) is 2.79. The van der Waals surface area contributed by atoms with Crippen LogP contribution in [0.3, 0.4) is 0 Å². The summed E-state index contributed by atoms with van der Waals surface area (Å²) in [7, 11) is 0. The quantitative estimate of drug-likeness (QED) is 0.806. The van der Waals surface area contributed by atoms with Gasteiger partial charge in [-0.05, 0) is 44.0 Å². The predicted octanol–water partition coefficient (Wildman–Crippen LogP) is 3.90. The Labute approximate surface area is 117 Å². The van der Waals surface area contributed by atoms with Crippen molar-refractivity contribution in [2.75, 3.05) is 24.5 Å². The van der Waals surface area contributed by atoms with E-state index in [0.717, 1.165) is 26.1 Å². The first kappa shape index (κ1) is 14.1. The van der Waals surface area contributed by atoms with Gasteiger partial charge in [0.1, 0.15) is 0 Å². The molecule has 0 aliphatic carbocycles. The molecule has 0 aromatic heterocycles. The molecule has 1 aromatic carbocycles. The van der Waals surface area contributed by atoms with Crippen molar-refractivity contribution in [1.29, 1.82) is 0 Å². The van der Waals surface area contributed by atoms with Crippen LogP contribution in [0.25, 0.3) is 0 Å². The average molecular weight is 258 g/mol. The molecule has 0 saturated heterocycles. The third-order valence-corrected chi connectivity index (χ3v) is 3.85. The topological polar surface area (TPSA) is 15.3 Å². The van der Waals surface area contributed by atoms with Gasteiger partial charge in [0.25, 0.3) is 0 Å². The molecule has 0 saturated carbocycles. The number of hydrogen-bond acceptors (Lipinski definition) is 2. The molecule has 1 aromatic rings. The van der Waals surface area contributed by atoms with Crippen molar-refractivity contribution in [1.82, 2.24) is 5.32 Å². The molecule has 1 heterocycles. The summed E-state index contributed by atoms with van der Waals surface area (Å²) in [6.45, 7) is 9.86. The van der Waals surface area contributed by atoms with Gasteiger partial charge in [0.05, 0.1) is 0 Å². The summed E-state index contributed by atoms with van der Waals surface area (Å²) >= 11 is 0. The zero-order valence-electron chi connectivity index (χ0n) is 12.4. The van der Waals surface area contributed by atoms with E-state index in [0.29, 0.717) is 6.04 Å². The molecule has 0 radical (unpaired) electrons. The summed E-state index contributed by atoms with van der Waals surface area (Å²) in [5.41, 5.74) is 4.23. The maximum atomic E-state index is 3.53. The fourth-order valence-corrected chi connectivity index (χ4v) is 2.79. The average Bonchev–Trinajstić information content (AvgIpc) is 2.45. The second-order valence-corrected chi connectivity index (χ2v) is 5.37. The van der Waals surface area contributed by atoms with E-state index < -0.39 is 0 Å². The van der Waals surface area contributed by atoms with Crippen LogP contribution in [-0.2, 0) is 0 Å². The highest BCUT2D eigenvalue weighted by Crippen LogP contribution is 2.23. The fraction of sp³-hybridized carbons (Fsp3) is 0.529. The van der Waals surface area contributed by atoms with Gasteiger partial charge in [0.15, 0.2) is 0 Å². The van der Waals surface area contributed by atoms with E-state index >= 15 is 0 Å². The van der Waals surface area contributed by atoms with E-state index in [2.05, 4.69) is 61.3 Å². The van der Waals surface area contributed by atoms with Crippen molar-refractivity contribution in [2.24, 2.45) is 0 Å². The van der Waals surface area contributed by atoms with Gasteiger partial charge in [-0.2, -0.15) is 0 Å². The number of hydrogen-bond donors (Lipinski definition) is 1. The molecular formula is C17H26N2. The zero-order valence-corrected chi connectivity index (χ0v) is 12.4. The van der Waals surface area contributed by atoms with Gasteiger partial charge in [-0.3, -0.25) is 0 Å². The number of nitrogens with one attached hydrogen (secondary N) is 1. The first-order chi connectivity index (χ1) is 9.24. The normalized spacial score (nSPS) is 17.2. The lowest BCUT2D eigenvalue weighted by Gasteiger charge is -2.28. The third kappa shape index (κ3) is 3.60. The summed E-state index contributed by atoms with van der Waals surface area (Å²) in [6, 6.07) is 9.59. The van der Waals surface area contributed by atoms with Gasteiger partial charge in [0, 0.05) is 24.8 Å². The first-order valence-electron chi connectivity index (χ1n) is 7.48. The van der Waals surface area contributed by atoms with Crippen molar-refractivity contribution < 1.29 is 0 Å². The lowest BCUT2D eigenvalue weighted by Crippen LogP contribution is -2.29. The molecular weight excluding hydrogens is 232 g/mol. The number of nitrogens with zero attached hydrogens (tertiary/aromatic N) is 1. The molecule has 0 fully saturated rings. The van der Waals surface area contributed by atoms with Gasteiger partial charge >= 0.3 is 0 Å². The minimum atomic E-state index is 0.488. The molecule has 2 nitrogen and oxygen atoms in total. The molecule has 1 unspecified atom stereocenters. The van der Waals surface area contributed by atoms with Crippen LogP contribution >= 0.6 is 0 Å². The molecule has 19 heavy (non-hydrogen) atoms. The molecule has 0 spiro atoms. The van der Waals surface area contributed by atoms with Crippen molar-refractivity contribution in [2.45, 2.75) is 39.7 Å². The van der Waals surface area contributed by atoms with Gasteiger partial charge < -0.3 is 10.2 Å². The van der Waals surface area contributed by atoms with Crippen LogP contribution in [-0.4, -0.2) is 19.6 Å². The van der Waals surface area contributed by atoms with E-state index in [1.807, 2.05) is 0 Å². The molecule has 0 amide bonds. The van der Waals surface area contributed by atoms with Crippen molar-refractivity contribution >= 4 is 5.69 Å². The van der Waals surface area contributed by atoms with E-state index in [9.17, 15) is 0 Å². The summed E-state index contributed by atoms with van der Waals surface area (Å²) in [4.78, 5) is 2.47. The zero-order chi connectivity index (χ0) is 13.7. The summed E-state index contributed by atoms with van der Waals surface area (Å²) in [5, 5.41) is 3.53. The Morgan fingerprint density at radius 1 is 1.21 bits per heavy atom. The minimum absolute atomic E-state index is 0.488. The van der Waals surface area contributed by atoms with Crippen molar-refractivity contribution in [3.63, 3.8) is 0 Å². The van der Waals surface area contributed by atoms with E-state index in [1.54, 1.807) is 0 Å². The Morgan fingerprint density at radius 3 is 2.53 bits per heavy atom. The Balaban J connectivity index is 2.07. The Morgan fingerprint density at radius 2 is 1.95 bits per heavy atom. The van der Waals surface area contributed by atoms with Crippen LogP contribution in [0, 0.1) is 0 Å². The monoisotopic (exact) mass is 258 g/mol. The van der Waals surface area contributed by atoms with Crippen LogP contribution in [0.1, 0.15) is 45.2 Å². The molecule has 0 bridgehead atoms. The van der Waals surface area contributed by atoms with Gasteiger partial charge in [0.2, 0.25) is 0 Å². The van der Waals surface area contributed by atoms with Crippen LogP contribution < -0.4 is 10.2 Å². The summed E-state index contributed by atoms with van der Waals surface area (Å²) < 4.78 is 0. The lowest BCUT2D eigenvalue weighted by molar-refractivity contribution is 0.537. The van der Waals surface area contributed by atoms with Crippen LogP contribution in [0.2, 0.25) is 0 Å². The third-order valence-electron chi connectivity index (χ3n) is 3.85. The Kier molecular flexibility index (Phi) is 5.03. The Hall–Kier alpha value is -1.28. The predicted molar refractivity (Wildman–Crippen MR) is 83.7 cm³/mol. The highest BCUT2D eigenvalue weighted by Gasteiger charge is 2.12. The molecule has 1 aliphatic rings. The maximum Gasteiger partial charge on any atom is 0.0386 e. The van der Waals surface area contributed by atoms with Gasteiger partial charge in [-0.1, -0.05) is 37.6 Å². The SMILES string of the molecule is CCNC(CC)c1ccc(N2CCC=C(C)C2)cc1. The number of benzene rings is 1. The van der Waals surface area contributed by atoms with E-state index in [1.165, 1.54) is 23.2 Å². The summed E-state index contributed by atoms with van der Waals surface area (Å²) in [6.07, 6.45) is 4.66. The Bertz CT molecular complexity index is 419. The van der Waals surface area contributed by atoms with Gasteiger partial charge in [-0.15, -0.1) is 0 Å². The summed E-state index contributed by atoms with van der Waals surface area (Å²) in [5.74, 6) is 0. The second-order valence-electron chi connectivity index (χ2n) is 5.37. The molecule has 1 aliphatic heterocycles. The molecule has 1 atom stereocenters. The standard InChI is InChI=1S/C17H26N2/c1-4-17(18-5-2)15-8-10-16(11-9-15)19-12-6-7-14(3)13-19/h7-11,17-18H,4-6,12-13H2,1-3H3. The largest absolute Gasteiger partial charge is 0.367 e. The highest BCUT2D eigenvalue weighted by molar-refractivity contribution is 5.50. The first-order valence-corrected chi connectivity index (χ1v) is 7.48. The number of anilines is 1. The molecule has 104 valence electrons. The van der Waals surface area contributed by atoms with Crippen molar-refractivity contribution in [3.8, 4) is 0 Å². The van der Waals surface area contributed by atoms with Crippen LogP contribution in [0.5, 0.6) is 0 Å². The molecule has 2 heteroatoms. The van der Waals surface area contributed by atoms with Crippen LogP contribution in [0.4, 0.5) is 5.69 Å². The second kappa shape index (κ2) is 6.76. The minimum Gasteiger partial charge on any atom is -0.367 e. The molecule has 2 rings (SSSR count). The number of rotatable bonds is 5.